The highest BCUT2D eigenvalue weighted by molar-refractivity contribution is 7.99. The van der Waals surface area contributed by atoms with Gasteiger partial charge in [-0.3, -0.25) is 0 Å². The molecule has 0 aromatic heterocycles. The molecule has 0 heterocycles. The third kappa shape index (κ3) is 5.28. The molecule has 0 bridgehead atoms. The first-order valence-electron chi connectivity index (χ1n) is 6.75. The van der Waals surface area contributed by atoms with Crippen molar-refractivity contribution in [1.82, 2.24) is 5.32 Å². The van der Waals surface area contributed by atoms with Crippen LogP contribution in [0.3, 0.4) is 0 Å². The number of hydrogen-bond acceptors (Lipinski definition) is 2. The van der Waals surface area contributed by atoms with E-state index in [9.17, 15) is 0 Å². The Morgan fingerprint density at radius 1 is 1.33 bits per heavy atom. The van der Waals surface area contributed by atoms with E-state index < -0.39 is 0 Å². The zero-order valence-corrected chi connectivity index (χ0v) is 12.6. The Morgan fingerprint density at radius 2 is 2.06 bits per heavy atom. The van der Waals surface area contributed by atoms with E-state index in [1.165, 1.54) is 16.0 Å². The topological polar surface area (TPSA) is 12.0 Å². The van der Waals surface area contributed by atoms with Crippen LogP contribution in [0.1, 0.15) is 32.3 Å². The lowest BCUT2D eigenvalue weighted by Crippen LogP contribution is -2.31. The molecule has 0 aliphatic rings. The van der Waals surface area contributed by atoms with Gasteiger partial charge in [-0.1, -0.05) is 44.2 Å². The predicted molar refractivity (Wildman–Crippen MR) is 83.4 cm³/mol. The van der Waals surface area contributed by atoms with Crippen LogP contribution in [0.5, 0.6) is 0 Å². The van der Waals surface area contributed by atoms with Gasteiger partial charge >= 0.3 is 0 Å². The lowest BCUT2D eigenvalue weighted by Gasteiger charge is -2.18. The van der Waals surface area contributed by atoms with Gasteiger partial charge in [-0.05, 0) is 37.9 Å². The molecule has 1 nitrogen and oxygen atoms in total. The highest BCUT2D eigenvalue weighted by atomic mass is 32.2. The van der Waals surface area contributed by atoms with Crippen LogP contribution in [-0.4, -0.2) is 18.3 Å². The molecule has 0 spiro atoms. The van der Waals surface area contributed by atoms with Gasteiger partial charge in [0.05, 0.1) is 0 Å². The second-order valence-corrected chi connectivity index (χ2v) is 5.70. The number of aryl methyl sites for hydroxylation is 1. The van der Waals surface area contributed by atoms with Crippen molar-refractivity contribution in [3.05, 3.63) is 42.0 Å². The quantitative estimate of drug-likeness (QED) is 0.550. The van der Waals surface area contributed by atoms with Crippen molar-refractivity contribution in [3.63, 3.8) is 0 Å². The minimum Gasteiger partial charge on any atom is -0.313 e. The maximum atomic E-state index is 4.12. The van der Waals surface area contributed by atoms with Crippen molar-refractivity contribution in [2.24, 2.45) is 0 Å². The van der Waals surface area contributed by atoms with Gasteiger partial charge in [0.25, 0.3) is 0 Å². The van der Waals surface area contributed by atoms with Crippen LogP contribution < -0.4 is 5.32 Å². The van der Waals surface area contributed by atoms with Crippen molar-refractivity contribution >= 4 is 11.8 Å². The fourth-order valence-corrected chi connectivity index (χ4v) is 2.97. The van der Waals surface area contributed by atoms with E-state index in [0.29, 0.717) is 6.04 Å². The first-order valence-corrected chi connectivity index (χ1v) is 7.74. The van der Waals surface area contributed by atoms with E-state index in [4.69, 9.17) is 0 Å². The fraction of sp³-hybridized carbons (Fsp3) is 0.500. The summed E-state index contributed by atoms with van der Waals surface area (Å²) >= 11 is 1.94. The highest BCUT2D eigenvalue weighted by Gasteiger charge is 2.09. The standard InChI is InChI=1S/C16H25NS/c1-5-13(3)11-15(17-6-2)12-18-16-10-8-7-9-14(16)4/h7-10,15,17H,3,5-6,11-12H2,1-2,4H3. The summed E-state index contributed by atoms with van der Waals surface area (Å²) in [5.41, 5.74) is 2.71. The van der Waals surface area contributed by atoms with Gasteiger partial charge in [0.15, 0.2) is 0 Å². The molecule has 1 N–H and O–H groups in total. The van der Waals surface area contributed by atoms with Crippen LogP contribution >= 0.6 is 11.8 Å². The number of nitrogens with one attached hydrogen (secondary N) is 1. The van der Waals surface area contributed by atoms with Crippen molar-refractivity contribution < 1.29 is 0 Å². The second kappa shape index (κ2) is 8.39. The van der Waals surface area contributed by atoms with Gasteiger partial charge in [0.1, 0.15) is 0 Å². The smallest absolute Gasteiger partial charge is 0.0198 e. The summed E-state index contributed by atoms with van der Waals surface area (Å²) in [4.78, 5) is 1.39. The molecule has 0 fully saturated rings. The number of benzene rings is 1. The normalized spacial score (nSPS) is 12.4. The van der Waals surface area contributed by atoms with Crippen LogP contribution in [0, 0.1) is 6.92 Å². The largest absolute Gasteiger partial charge is 0.313 e. The van der Waals surface area contributed by atoms with Gasteiger partial charge in [0.2, 0.25) is 0 Å². The molecule has 1 aromatic rings. The highest BCUT2D eigenvalue weighted by Crippen LogP contribution is 2.24. The molecule has 0 saturated carbocycles. The van der Waals surface area contributed by atoms with Crippen molar-refractivity contribution in [3.8, 4) is 0 Å². The summed E-state index contributed by atoms with van der Waals surface area (Å²) in [6, 6.07) is 9.13. The first-order chi connectivity index (χ1) is 8.67. The van der Waals surface area contributed by atoms with Gasteiger partial charge in [-0.15, -0.1) is 11.8 Å². The molecule has 1 aromatic carbocycles. The number of rotatable bonds is 8. The summed E-state index contributed by atoms with van der Waals surface area (Å²) in [5, 5.41) is 3.56. The Kier molecular flexibility index (Phi) is 7.14. The molecule has 18 heavy (non-hydrogen) atoms. The minimum atomic E-state index is 0.534. The summed E-state index contributed by atoms with van der Waals surface area (Å²) < 4.78 is 0. The van der Waals surface area contributed by atoms with Crippen LogP contribution in [0.2, 0.25) is 0 Å². The predicted octanol–water partition coefficient (Wildman–Crippen LogP) is 4.42. The second-order valence-electron chi connectivity index (χ2n) is 4.64. The van der Waals surface area contributed by atoms with E-state index in [1.807, 2.05) is 11.8 Å². The SMILES string of the molecule is C=C(CC)CC(CSc1ccccc1C)NCC. The fourth-order valence-electron chi connectivity index (χ4n) is 1.88. The van der Waals surface area contributed by atoms with Crippen LogP contribution in [0.15, 0.2) is 41.3 Å². The molecule has 0 aliphatic carbocycles. The van der Waals surface area contributed by atoms with Crippen molar-refractivity contribution in [1.29, 1.82) is 0 Å². The summed E-state index contributed by atoms with van der Waals surface area (Å²) in [7, 11) is 0. The van der Waals surface area contributed by atoms with Gasteiger partial charge in [0, 0.05) is 16.7 Å². The zero-order chi connectivity index (χ0) is 13.4. The Balaban J connectivity index is 2.51. The molecular weight excluding hydrogens is 238 g/mol. The van der Waals surface area contributed by atoms with Crippen LogP contribution in [-0.2, 0) is 0 Å². The summed E-state index contributed by atoms with van der Waals surface area (Å²) in [6.07, 6.45) is 2.17. The lowest BCUT2D eigenvalue weighted by atomic mass is 10.1. The molecule has 1 rings (SSSR count). The maximum absolute atomic E-state index is 4.12. The van der Waals surface area contributed by atoms with Crippen molar-refractivity contribution in [2.45, 2.75) is 44.6 Å². The minimum absolute atomic E-state index is 0.534. The molecule has 0 radical (unpaired) electrons. The third-order valence-corrected chi connectivity index (χ3v) is 4.40. The monoisotopic (exact) mass is 263 g/mol. The Hall–Kier alpha value is -0.730. The molecule has 0 saturated heterocycles. The summed E-state index contributed by atoms with van der Waals surface area (Å²) in [6.45, 7) is 11.7. The Morgan fingerprint density at radius 3 is 2.67 bits per heavy atom. The van der Waals surface area contributed by atoms with Crippen LogP contribution in [0.4, 0.5) is 0 Å². The van der Waals surface area contributed by atoms with Crippen molar-refractivity contribution in [2.75, 3.05) is 12.3 Å². The van der Waals surface area contributed by atoms with Crippen LogP contribution in [0.25, 0.3) is 0 Å². The number of thioether (sulfide) groups is 1. The zero-order valence-electron chi connectivity index (χ0n) is 11.8. The van der Waals surface area contributed by atoms with E-state index in [-0.39, 0.29) is 0 Å². The van der Waals surface area contributed by atoms with Gasteiger partial charge in [-0.2, -0.15) is 0 Å². The molecule has 1 atom stereocenters. The Labute approximate surface area is 116 Å². The van der Waals surface area contributed by atoms with Gasteiger partial charge < -0.3 is 5.32 Å². The average Bonchev–Trinajstić information content (AvgIpc) is 2.37. The van der Waals surface area contributed by atoms with E-state index in [2.05, 4.69) is 56.9 Å². The lowest BCUT2D eigenvalue weighted by molar-refractivity contribution is 0.565. The molecule has 2 heteroatoms. The molecule has 0 amide bonds. The summed E-state index contributed by atoms with van der Waals surface area (Å²) in [5.74, 6) is 1.11. The molecule has 100 valence electrons. The number of hydrogen-bond donors (Lipinski definition) is 1. The Bertz CT molecular complexity index is 373. The average molecular weight is 263 g/mol. The van der Waals surface area contributed by atoms with E-state index >= 15 is 0 Å². The van der Waals surface area contributed by atoms with E-state index in [0.717, 1.165) is 25.1 Å². The van der Waals surface area contributed by atoms with Gasteiger partial charge in [-0.25, -0.2) is 0 Å². The third-order valence-electron chi connectivity index (χ3n) is 3.06. The van der Waals surface area contributed by atoms with E-state index in [1.54, 1.807) is 0 Å². The molecule has 0 aliphatic heterocycles. The molecular formula is C16H25NS. The molecule has 1 unspecified atom stereocenters. The maximum Gasteiger partial charge on any atom is 0.0198 e. The first kappa shape index (κ1) is 15.3.